The van der Waals surface area contributed by atoms with Crippen LogP contribution >= 0.6 is 0 Å². The molecule has 5 nitrogen and oxygen atoms in total. The van der Waals surface area contributed by atoms with E-state index in [1.54, 1.807) is 4.90 Å². The molecule has 1 heterocycles. The second-order valence-electron chi connectivity index (χ2n) is 9.04. The summed E-state index contributed by atoms with van der Waals surface area (Å²) >= 11 is 0. The number of amides is 2. The second-order valence-corrected chi connectivity index (χ2v) is 9.04. The smallest absolute Gasteiger partial charge is 0.244 e. The second kappa shape index (κ2) is 7.99. The number of aryl methyl sites for hydroxylation is 2. The van der Waals surface area contributed by atoms with Crippen LogP contribution in [0, 0.1) is 13.8 Å². The molecule has 2 atom stereocenters. The number of nitrogens with zero attached hydrogens (tertiary/aromatic N) is 1. The van der Waals surface area contributed by atoms with Gasteiger partial charge in [0.25, 0.3) is 0 Å². The largest absolute Gasteiger partial charge is 0.350 e. The van der Waals surface area contributed by atoms with E-state index in [9.17, 15) is 9.59 Å². The van der Waals surface area contributed by atoms with Gasteiger partial charge in [-0.3, -0.25) is 9.59 Å². The highest BCUT2D eigenvalue weighted by Gasteiger charge is 2.35. The van der Waals surface area contributed by atoms with Crippen molar-refractivity contribution < 1.29 is 9.59 Å². The molecule has 5 heteroatoms. The molecule has 0 saturated carbocycles. The quantitative estimate of drug-likeness (QED) is 0.839. The van der Waals surface area contributed by atoms with Crippen molar-refractivity contribution in [3.05, 3.63) is 64.7 Å². The van der Waals surface area contributed by atoms with E-state index in [-0.39, 0.29) is 29.8 Å². The normalized spacial score (nSPS) is 19.5. The van der Waals surface area contributed by atoms with Crippen LogP contribution in [0.3, 0.4) is 0 Å². The number of rotatable bonds is 3. The Morgan fingerprint density at radius 2 is 1.83 bits per heavy atom. The van der Waals surface area contributed by atoms with Crippen molar-refractivity contribution in [1.29, 1.82) is 0 Å². The monoisotopic (exact) mass is 393 g/mol. The SMILES string of the molecule is Cc1ccc2c(c1)N(CC(=O)NC(C)(C)C)C(=O)C(N)CC2c1ccccc1C. The fraction of sp³-hybridized carbons (Fsp3) is 0.417. The molecule has 0 fully saturated rings. The van der Waals surface area contributed by atoms with E-state index in [1.807, 2.05) is 45.9 Å². The van der Waals surface area contributed by atoms with E-state index in [0.29, 0.717) is 6.42 Å². The number of nitrogens with two attached hydrogens (primary N) is 1. The van der Waals surface area contributed by atoms with Gasteiger partial charge >= 0.3 is 0 Å². The summed E-state index contributed by atoms with van der Waals surface area (Å²) in [6, 6.07) is 13.7. The molecule has 0 aliphatic carbocycles. The third-order valence-electron chi connectivity index (χ3n) is 5.31. The third kappa shape index (κ3) is 4.67. The first kappa shape index (κ1) is 21.1. The molecular weight excluding hydrogens is 362 g/mol. The van der Waals surface area contributed by atoms with Crippen LogP contribution in [-0.2, 0) is 9.59 Å². The maximum absolute atomic E-state index is 13.2. The molecule has 154 valence electrons. The number of carbonyl (C=O) groups is 2. The van der Waals surface area contributed by atoms with Gasteiger partial charge in [-0.15, -0.1) is 0 Å². The van der Waals surface area contributed by atoms with Crippen LogP contribution in [-0.4, -0.2) is 29.9 Å². The minimum absolute atomic E-state index is 0.00132. The van der Waals surface area contributed by atoms with Gasteiger partial charge in [0.05, 0.1) is 6.04 Å². The highest BCUT2D eigenvalue weighted by atomic mass is 16.2. The zero-order valence-corrected chi connectivity index (χ0v) is 18.0. The Labute approximate surface area is 173 Å². The summed E-state index contributed by atoms with van der Waals surface area (Å²) in [6.07, 6.45) is 0.511. The first-order chi connectivity index (χ1) is 13.6. The molecular formula is C24H31N3O2. The van der Waals surface area contributed by atoms with Crippen LogP contribution in [0.15, 0.2) is 42.5 Å². The summed E-state index contributed by atoms with van der Waals surface area (Å²) in [5, 5.41) is 2.95. The van der Waals surface area contributed by atoms with Gasteiger partial charge < -0.3 is 16.0 Å². The maximum atomic E-state index is 13.2. The Balaban J connectivity index is 2.09. The molecule has 3 rings (SSSR count). The number of hydrogen-bond donors (Lipinski definition) is 2. The minimum Gasteiger partial charge on any atom is -0.350 e. The van der Waals surface area contributed by atoms with Crippen molar-refractivity contribution >= 4 is 17.5 Å². The standard InChI is InChI=1S/C24H31N3O2/c1-15-10-11-18-19(17-9-7-6-8-16(17)2)13-20(25)23(29)27(21(18)12-15)14-22(28)26-24(3,4)5/h6-12,19-20H,13-14,25H2,1-5H3,(H,26,28). The predicted molar refractivity (Wildman–Crippen MR) is 117 cm³/mol. The Morgan fingerprint density at radius 3 is 2.48 bits per heavy atom. The van der Waals surface area contributed by atoms with Gasteiger partial charge in [-0.25, -0.2) is 0 Å². The molecule has 2 amide bonds. The van der Waals surface area contributed by atoms with E-state index < -0.39 is 6.04 Å². The van der Waals surface area contributed by atoms with Crippen molar-refractivity contribution in [2.24, 2.45) is 5.73 Å². The number of carbonyl (C=O) groups excluding carboxylic acids is 2. The molecule has 0 aromatic heterocycles. The summed E-state index contributed by atoms with van der Waals surface area (Å²) in [5.41, 5.74) is 11.2. The average molecular weight is 394 g/mol. The topological polar surface area (TPSA) is 75.4 Å². The van der Waals surface area contributed by atoms with Gasteiger partial charge in [0.2, 0.25) is 11.8 Å². The van der Waals surface area contributed by atoms with Gasteiger partial charge in [0.15, 0.2) is 0 Å². The van der Waals surface area contributed by atoms with Gasteiger partial charge in [-0.1, -0.05) is 36.4 Å². The Kier molecular flexibility index (Phi) is 5.80. The van der Waals surface area contributed by atoms with Crippen molar-refractivity contribution in [2.45, 2.75) is 58.5 Å². The Morgan fingerprint density at radius 1 is 1.14 bits per heavy atom. The lowest BCUT2D eigenvalue weighted by Gasteiger charge is -2.27. The van der Waals surface area contributed by atoms with Crippen LogP contribution in [0.4, 0.5) is 5.69 Å². The maximum Gasteiger partial charge on any atom is 0.244 e. The Bertz CT molecular complexity index is 930. The number of anilines is 1. The summed E-state index contributed by atoms with van der Waals surface area (Å²) in [4.78, 5) is 27.4. The zero-order chi connectivity index (χ0) is 21.3. The van der Waals surface area contributed by atoms with E-state index >= 15 is 0 Å². The first-order valence-electron chi connectivity index (χ1n) is 10.1. The molecule has 0 saturated heterocycles. The molecule has 0 radical (unpaired) electrons. The molecule has 0 bridgehead atoms. The number of nitrogens with one attached hydrogen (secondary N) is 1. The van der Waals surface area contributed by atoms with E-state index in [2.05, 4.69) is 36.5 Å². The fourth-order valence-electron chi connectivity index (χ4n) is 4.02. The van der Waals surface area contributed by atoms with Crippen molar-refractivity contribution in [3.8, 4) is 0 Å². The highest BCUT2D eigenvalue weighted by molar-refractivity contribution is 6.03. The molecule has 1 aliphatic rings. The van der Waals surface area contributed by atoms with Crippen molar-refractivity contribution in [1.82, 2.24) is 5.32 Å². The molecule has 2 aromatic rings. The van der Waals surface area contributed by atoms with Gasteiger partial charge in [0, 0.05) is 17.1 Å². The third-order valence-corrected chi connectivity index (χ3v) is 5.31. The van der Waals surface area contributed by atoms with Crippen molar-refractivity contribution in [3.63, 3.8) is 0 Å². The lowest BCUT2D eigenvalue weighted by atomic mass is 9.84. The summed E-state index contributed by atoms with van der Waals surface area (Å²) in [6.45, 7) is 9.80. The van der Waals surface area contributed by atoms with E-state index in [0.717, 1.165) is 16.8 Å². The average Bonchev–Trinajstić information content (AvgIpc) is 2.71. The van der Waals surface area contributed by atoms with Crippen molar-refractivity contribution in [2.75, 3.05) is 11.4 Å². The molecule has 2 aromatic carbocycles. The number of hydrogen-bond acceptors (Lipinski definition) is 3. The molecule has 0 spiro atoms. The minimum atomic E-state index is -0.672. The summed E-state index contributed by atoms with van der Waals surface area (Å²) in [5.74, 6) is -0.404. The lowest BCUT2D eigenvalue weighted by Crippen LogP contribution is -2.50. The number of fused-ring (bicyclic) bond motifs is 1. The fourth-order valence-corrected chi connectivity index (χ4v) is 4.02. The van der Waals surface area contributed by atoms with Gasteiger partial charge in [0.1, 0.15) is 6.54 Å². The van der Waals surface area contributed by atoms with Crippen LogP contribution in [0.2, 0.25) is 0 Å². The van der Waals surface area contributed by atoms with Crippen LogP contribution in [0.5, 0.6) is 0 Å². The zero-order valence-electron chi connectivity index (χ0n) is 18.0. The van der Waals surface area contributed by atoms with E-state index in [1.165, 1.54) is 11.1 Å². The molecule has 3 N–H and O–H groups in total. The van der Waals surface area contributed by atoms with Gasteiger partial charge in [-0.2, -0.15) is 0 Å². The summed E-state index contributed by atoms with van der Waals surface area (Å²) in [7, 11) is 0. The van der Waals surface area contributed by atoms with Crippen LogP contribution < -0.4 is 16.0 Å². The molecule has 2 unspecified atom stereocenters. The lowest BCUT2D eigenvalue weighted by molar-refractivity contribution is -0.125. The molecule has 1 aliphatic heterocycles. The van der Waals surface area contributed by atoms with Crippen LogP contribution in [0.1, 0.15) is 55.4 Å². The van der Waals surface area contributed by atoms with Crippen LogP contribution in [0.25, 0.3) is 0 Å². The number of benzene rings is 2. The first-order valence-corrected chi connectivity index (χ1v) is 10.1. The van der Waals surface area contributed by atoms with E-state index in [4.69, 9.17) is 5.73 Å². The van der Waals surface area contributed by atoms with Gasteiger partial charge in [-0.05, 0) is 69.4 Å². The Hall–Kier alpha value is -2.66. The molecule has 29 heavy (non-hydrogen) atoms. The predicted octanol–water partition coefficient (Wildman–Crippen LogP) is 3.41. The summed E-state index contributed by atoms with van der Waals surface area (Å²) < 4.78 is 0. The highest BCUT2D eigenvalue weighted by Crippen LogP contribution is 2.40.